The van der Waals surface area contributed by atoms with E-state index in [1.165, 1.54) is 12.1 Å². The molecular weight excluding hydrogens is 326 g/mol. The van der Waals surface area contributed by atoms with E-state index in [2.05, 4.69) is 4.98 Å². The molecule has 0 radical (unpaired) electrons. The quantitative estimate of drug-likeness (QED) is 0.715. The number of aromatic nitrogens is 1. The van der Waals surface area contributed by atoms with Crippen LogP contribution in [0.2, 0.25) is 0 Å². The lowest BCUT2D eigenvalue weighted by Gasteiger charge is -2.02. The zero-order valence-electron chi connectivity index (χ0n) is 13.1. The van der Waals surface area contributed by atoms with Crippen LogP contribution >= 0.6 is 0 Å². The van der Waals surface area contributed by atoms with Crippen molar-refractivity contribution in [1.82, 2.24) is 4.98 Å². The molecule has 0 aliphatic rings. The van der Waals surface area contributed by atoms with Gasteiger partial charge in [0.25, 0.3) is 10.1 Å². The van der Waals surface area contributed by atoms with Crippen LogP contribution in [0.5, 0.6) is 0 Å². The summed E-state index contributed by atoms with van der Waals surface area (Å²) < 4.78 is 37.2. The average molecular weight is 343 g/mol. The van der Waals surface area contributed by atoms with Crippen molar-refractivity contribution < 1.29 is 17.4 Å². The first-order valence-electron chi connectivity index (χ1n) is 7.51. The minimum atomic E-state index is -4.18. The van der Waals surface area contributed by atoms with E-state index < -0.39 is 10.1 Å². The molecule has 0 saturated carbocycles. The molecule has 0 saturated heterocycles. The van der Waals surface area contributed by atoms with E-state index in [-0.39, 0.29) is 4.90 Å². The Balaban J connectivity index is 1.77. The summed E-state index contributed by atoms with van der Waals surface area (Å²) in [6, 6.07) is 15.9. The lowest BCUT2D eigenvalue weighted by molar-refractivity contribution is 0.483. The highest BCUT2D eigenvalue weighted by Crippen LogP contribution is 2.22. The number of aryl methyl sites for hydroxylation is 3. The van der Waals surface area contributed by atoms with Gasteiger partial charge in [0.15, 0.2) is 0 Å². The standard InChI is InChI=1S/C18H17NO4S/c1-13-17(19-18(23-13)15-7-3-2-4-8-15)11-10-14-6-5-9-16(12-14)24(20,21)22/h2-9,12H,10-11H2,1H3,(H,20,21,22). The Morgan fingerprint density at radius 1 is 1.04 bits per heavy atom. The maximum atomic E-state index is 11.2. The van der Waals surface area contributed by atoms with Crippen LogP contribution in [0.25, 0.3) is 11.5 Å². The molecule has 124 valence electrons. The summed E-state index contributed by atoms with van der Waals surface area (Å²) in [5.41, 5.74) is 2.57. The number of nitrogens with zero attached hydrogens (tertiary/aromatic N) is 1. The second-order valence-corrected chi connectivity index (χ2v) is 6.93. The van der Waals surface area contributed by atoms with Gasteiger partial charge in [-0.25, -0.2) is 4.98 Å². The van der Waals surface area contributed by atoms with E-state index in [1.54, 1.807) is 6.07 Å². The van der Waals surface area contributed by atoms with E-state index in [1.807, 2.05) is 43.3 Å². The zero-order chi connectivity index (χ0) is 17.2. The van der Waals surface area contributed by atoms with Crippen molar-refractivity contribution >= 4 is 10.1 Å². The van der Waals surface area contributed by atoms with Gasteiger partial charge < -0.3 is 4.42 Å². The molecule has 0 aliphatic carbocycles. The van der Waals surface area contributed by atoms with E-state index in [4.69, 9.17) is 8.97 Å². The highest BCUT2D eigenvalue weighted by molar-refractivity contribution is 7.85. The largest absolute Gasteiger partial charge is 0.441 e. The van der Waals surface area contributed by atoms with Crippen LogP contribution in [0.4, 0.5) is 0 Å². The first-order chi connectivity index (χ1) is 11.4. The summed E-state index contributed by atoms with van der Waals surface area (Å²) in [5.74, 6) is 1.33. The normalized spacial score (nSPS) is 11.6. The van der Waals surface area contributed by atoms with Crippen LogP contribution in [0.1, 0.15) is 17.0 Å². The Morgan fingerprint density at radius 3 is 2.50 bits per heavy atom. The molecule has 0 bridgehead atoms. The minimum absolute atomic E-state index is 0.0955. The molecule has 0 fully saturated rings. The molecular formula is C18H17NO4S. The van der Waals surface area contributed by atoms with Crippen molar-refractivity contribution in [3.63, 3.8) is 0 Å². The topological polar surface area (TPSA) is 80.4 Å². The van der Waals surface area contributed by atoms with E-state index in [0.717, 1.165) is 22.6 Å². The average Bonchev–Trinajstić information content (AvgIpc) is 2.94. The molecule has 0 unspecified atom stereocenters. The van der Waals surface area contributed by atoms with Crippen molar-refractivity contribution in [3.8, 4) is 11.5 Å². The monoisotopic (exact) mass is 343 g/mol. The first-order valence-corrected chi connectivity index (χ1v) is 8.95. The predicted octanol–water partition coefficient (Wildman–Crippen LogP) is 3.68. The number of hydrogen-bond donors (Lipinski definition) is 1. The van der Waals surface area contributed by atoms with Gasteiger partial charge in [-0.05, 0) is 49.6 Å². The molecule has 1 N–H and O–H groups in total. The number of rotatable bonds is 5. The van der Waals surface area contributed by atoms with Crippen LogP contribution in [0, 0.1) is 6.92 Å². The van der Waals surface area contributed by atoms with Gasteiger partial charge in [0.2, 0.25) is 5.89 Å². The molecule has 0 aliphatic heterocycles. The van der Waals surface area contributed by atoms with E-state index >= 15 is 0 Å². The summed E-state index contributed by atoms with van der Waals surface area (Å²) in [5, 5.41) is 0. The van der Waals surface area contributed by atoms with Gasteiger partial charge in [0.05, 0.1) is 10.6 Å². The fourth-order valence-electron chi connectivity index (χ4n) is 2.49. The molecule has 1 aromatic heterocycles. The number of oxazole rings is 1. The second-order valence-electron chi connectivity index (χ2n) is 5.51. The number of benzene rings is 2. The lowest BCUT2D eigenvalue weighted by Crippen LogP contribution is -2.00. The zero-order valence-corrected chi connectivity index (χ0v) is 14.0. The third-order valence-corrected chi connectivity index (χ3v) is 4.61. The third kappa shape index (κ3) is 3.72. The Hall–Kier alpha value is -2.44. The van der Waals surface area contributed by atoms with Gasteiger partial charge in [0.1, 0.15) is 5.76 Å². The highest BCUT2D eigenvalue weighted by Gasteiger charge is 2.13. The van der Waals surface area contributed by atoms with Crippen LogP contribution in [-0.4, -0.2) is 18.0 Å². The Bertz CT molecular complexity index is 946. The Labute approximate surface area is 140 Å². The summed E-state index contributed by atoms with van der Waals surface area (Å²) in [4.78, 5) is 4.44. The summed E-state index contributed by atoms with van der Waals surface area (Å²) >= 11 is 0. The highest BCUT2D eigenvalue weighted by atomic mass is 32.2. The maximum Gasteiger partial charge on any atom is 0.294 e. The minimum Gasteiger partial charge on any atom is -0.441 e. The van der Waals surface area contributed by atoms with E-state index in [0.29, 0.717) is 18.7 Å². The fraction of sp³-hybridized carbons (Fsp3) is 0.167. The SMILES string of the molecule is Cc1oc(-c2ccccc2)nc1CCc1cccc(S(=O)(=O)O)c1. The van der Waals surface area contributed by atoms with Crippen molar-refractivity contribution in [2.45, 2.75) is 24.7 Å². The van der Waals surface area contributed by atoms with Crippen LogP contribution in [0.15, 0.2) is 63.9 Å². The first kappa shape index (κ1) is 16.4. The van der Waals surface area contributed by atoms with Crippen molar-refractivity contribution in [2.75, 3.05) is 0 Å². The molecule has 6 heteroatoms. The maximum absolute atomic E-state index is 11.2. The second kappa shape index (κ2) is 6.59. The third-order valence-electron chi connectivity index (χ3n) is 3.76. The summed E-state index contributed by atoms with van der Waals surface area (Å²) in [6.45, 7) is 1.86. The molecule has 0 spiro atoms. The molecule has 24 heavy (non-hydrogen) atoms. The van der Waals surface area contributed by atoms with Gasteiger partial charge in [0, 0.05) is 5.56 Å². The Kier molecular flexibility index (Phi) is 4.51. The molecule has 0 amide bonds. The van der Waals surface area contributed by atoms with Gasteiger partial charge in [-0.1, -0.05) is 30.3 Å². The van der Waals surface area contributed by atoms with Crippen molar-refractivity contribution in [3.05, 3.63) is 71.6 Å². The number of hydrogen-bond acceptors (Lipinski definition) is 4. The lowest BCUT2D eigenvalue weighted by atomic mass is 10.1. The van der Waals surface area contributed by atoms with Gasteiger partial charge in [-0.2, -0.15) is 8.42 Å². The van der Waals surface area contributed by atoms with Crippen LogP contribution < -0.4 is 0 Å². The van der Waals surface area contributed by atoms with Crippen LogP contribution in [-0.2, 0) is 23.0 Å². The molecule has 2 aromatic carbocycles. The summed E-state index contributed by atoms with van der Waals surface area (Å²) in [6.07, 6.45) is 1.22. The molecule has 3 aromatic rings. The van der Waals surface area contributed by atoms with Gasteiger partial charge >= 0.3 is 0 Å². The molecule has 3 rings (SSSR count). The molecule has 1 heterocycles. The van der Waals surface area contributed by atoms with Crippen LogP contribution in [0.3, 0.4) is 0 Å². The smallest absolute Gasteiger partial charge is 0.294 e. The van der Waals surface area contributed by atoms with Gasteiger partial charge in [-0.15, -0.1) is 0 Å². The fourth-order valence-corrected chi connectivity index (χ4v) is 3.04. The molecule has 5 nitrogen and oxygen atoms in total. The van der Waals surface area contributed by atoms with E-state index in [9.17, 15) is 8.42 Å². The predicted molar refractivity (Wildman–Crippen MR) is 90.3 cm³/mol. The summed E-state index contributed by atoms with van der Waals surface area (Å²) in [7, 11) is -4.18. The molecule has 0 atom stereocenters. The van der Waals surface area contributed by atoms with Crippen molar-refractivity contribution in [1.29, 1.82) is 0 Å². The van der Waals surface area contributed by atoms with Crippen molar-refractivity contribution in [2.24, 2.45) is 0 Å². The Morgan fingerprint density at radius 2 is 1.79 bits per heavy atom. The van der Waals surface area contributed by atoms with Gasteiger partial charge in [-0.3, -0.25) is 4.55 Å².